The van der Waals surface area contributed by atoms with Gasteiger partial charge < -0.3 is 18.9 Å². The van der Waals surface area contributed by atoms with Crippen LogP contribution in [0.25, 0.3) is 38.6 Å². The molecule has 4 heterocycles. The molecule has 0 atom stereocenters. The van der Waals surface area contributed by atoms with Crippen molar-refractivity contribution in [2.24, 2.45) is 0 Å². The predicted octanol–water partition coefficient (Wildman–Crippen LogP) is 13.5. The molecular formula is C54H55BN2O2. The molecule has 0 saturated heterocycles. The van der Waals surface area contributed by atoms with Crippen molar-refractivity contribution >= 4 is 51.0 Å². The van der Waals surface area contributed by atoms with Gasteiger partial charge in [0.05, 0.1) is 11.0 Å². The Balaban J connectivity index is 1.29. The minimum atomic E-state index is -0.0943. The van der Waals surface area contributed by atoms with Gasteiger partial charge in [0.15, 0.2) is 23.0 Å². The molecule has 0 N–H and O–H groups in total. The first-order valence-corrected chi connectivity index (χ1v) is 21.7. The zero-order chi connectivity index (χ0) is 41.3. The average molecular weight is 775 g/mol. The molecular weight excluding hydrogens is 719 g/mol. The molecule has 3 aliphatic heterocycles. The topological polar surface area (TPSA) is 26.6 Å². The van der Waals surface area contributed by atoms with Gasteiger partial charge in [-0.15, -0.1) is 0 Å². The highest BCUT2D eigenvalue weighted by atomic mass is 16.6. The number of para-hydroxylation sites is 2. The molecule has 0 saturated carbocycles. The summed E-state index contributed by atoms with van der Waals surface area (Å²) in [5, 5.41) is 2.65. The number of nitrogens with zero attached hydrogens (tertiary/aromatic N) is 2. The number of ether oxygens (including phenoxy) is 2. The lowest BCUT2D eigenvalue weighted by molar-refractivity contribution is 0.332. The zero-order valence-electron chi connectivity index (χ0n) is 36.9. The Morgan fingerprint density at radius 3 is 1.86 bits per heavy atom. The number of hydrogen-bond acceptors (Lipinski definition) is 3. The van der Waals surface area contributed by atoms with Crippen LogP contribution in [0.2, 0.25) is 0 Å². The Morgan fingerprint density at radius 2 is 1.20 bits per heavy atom. The molecule has 0 radical (unpaired) electrons. The van der Waals surface area contributed by atoms with E-state index >= 15 is 0 Å². The third kappa shape index (κ3) is 5.15. The minimum Gasteiger partial charge on any atom is -0.449 e. The van der Waals surface area contributed by atoms with Gasteiger partial charge in [-0.3, -0.25) is 0 Å². The fraction of sp³-hybridized carbons (Fsp3) is 0.333. The quantitative estimate of drug-likeness (QED) is 0.155. The molecule has 0 fully saturated rings. The summed E-state index contributed by atoms with van der Waals surface area (Å²) in [7, 11) is 0. The van der Waals surface area contributed by atoms with Gasteiger partial charge in [0, 0.05) is 39.5 Å². The highest BCUT2D eigenvalue weighted by Gasteiger charge is 2.47. The summed E-state index contributed by atoms with van der Waals surface area (Å²) in [4.78, 5) is 2.69. The lowest BCUT2D eigenvalue weighted by atomic mass is 9.43. The van der Waals surface area contributed by atoms with Crippen LogP contribution < -0.4 is 25.2 Å². The van der Waals surface area contributed by atoms with E-state index in [9.17, 15) is 0 Å². The van der Waals surface area contributed by atoms with Gasteiger partial charge in [-0.05, 0) is 147 Å². The number of rotatable bonds is 1. The molecule has 1 aliphatic carbocycles. The first-order valence-electron chi connectivity index (χ1n) is 21.7. The maximum absolute atomic E-state index is 6.73. The molecule has 4 nitrogen and oxygen atoms in total. The average Bonchev–Trinajstić information content (AvgIpc) is 3.50. The Hall–Kier alpha value is -5.42. The van der Waals surface area contributed by atoms with E-state index in [2.05, 4.69) is 159 Å². The van der Waals surface area contributed by atoms with Crippen molar-refractivity contribution in [2.75, 3.05) is 4.81 Å². The van der Waals surface area contributed by atoms with E-state index in [0.717, 1.165) is 40.7 Å². The molecule has 4 aliphatic rings. The molecule has 1 aromatic heterocycles. The number of benzene rings is 6. The van der Waals surface area contributed by atoms with Gasteiger partial charge in [-0.2, -0.15) is 0 Å². The SMILES string of the molecule is Cc1cc2c3c(c1)-n1c4ccc(C(C)(C)C)cc4c4cc(C(C)(C)C)cc(c41)B3N(c1cc3c(cc1C)C(C)(C)CCC3(C)C)c1cc3c(cc1-2)Oc1ccccc1O3. The summed E-state index contributed by atoms with van der Waals surface area (Å²) in [5.41, 5.74) is 19.6. The molecule has 296 valence electrons. The predicted molar refractivity (Wildman–Crippen MR) is 249 cm³/mol. The number of fused-ring (bicyclic) bond motifs is 10. The Labute approximate surface area is 350 Å². The van der Waals surface area contributed by atoms with Crippen LogP contribution in [0.5, 0.6) is 23.0 Å². The summed E-state index contributed by atoms with van der Waals surface area (Å²) in [6.07, 6.45) is 2.34. The molecule has 0 spiro atoms. The minimum absolute atomic E-state index is 0.0219. The number of aryl methyl sites for hydroxylation is 2. The molecule has 11 rings (SSSR count). The fourth-order valence-electron chi connectivity index (χ4n) is 10.8. The number of aromatic nitrogens is 1. The van der Waals surface area contributed by atoms with Crippen LogP contribution in [0, 0.1) is 13.8 Å². The second-order valence-corrected chi connectivity index (χ2v) is 21.5. The van der Waals surface area contributed by atoms with Crippen LogP contribution in [0.1, 0.15) is 115 Å². The van der Waals surface area contributed by atoms with Gasteiger partial charge in [0.2, 0.25) is 0 Å². The largest absolute Gasteiger partial charge is 0.449 e. The molecule has 6 aromatic carbocycles. The van der Waals surface area contributed by atoms with E-state index in [1.54, 1.807) is 0 Å². The maximum Gasteiger partial charge on any atom is 0.333 e. The highest BCUT2D eigenvalue weighted by molar-refractivity contribution is 6.93. The Kier molecular flexibility index (Phi) is 7.24. The highest BCUT2D eigenvalue weighted by Crippen LogP contribution is 2.55. The van der Waals surface area contributed by atoms with Crippen LogP contribution in [-0.4, -0.2) is 11.4 Å². The Bertz CT molecular complexity index is 3000. The number of hydrogen-bond donors (Lipinski definition) is 0. The van der Waals surface area contributed by atoms with Crippen molar-refractivity contribution in [3.05, 3.63) is 124 Å². The zero-order valence-corrected chi connectivity index (χ0v) is 36.9. The van der Waals surface area contributed by atoms with Crippen LogP contribution >= 0.6 is 0 Å². The first-order chi connectivity index (χ1) is 27.8. The van der Waals surface area contributed by atoms with E-state index in [0.29, 0.717) is 0 Å². The standard InChI is InChI=1S/C54H55BN2O2/c1-30-21-36-35-27-47-48(59-46-16-14-13-15-45(46)58-47)29-43(35)57(42-28-39-38(23-31(42)2)53(9,10)19-20-54(39,11)12)55-40-26-33(52(6,7)8)25-37-34-24-32(51(3,4)5)17-18-41(34)56(50(37)40)44(22-30)49(36)55/h13-18,21-29H,19-20H2,1-12H3. The van der Waals surface area contributed by atoms with E-state index in [1.807, 2.05) is 24.3 Å². The molecule has 59 heavy (non-hydrogen) atoms. The monoisotopic (exact) mass is 774 g/mol. The van der Waals surface area contributed by atoms with E-state index in [-0.39, 0.29) is 28.5 Å². The van der Waals surface area contributed by atoms with Crippen LogP contribution in [-0.2, 0) is 21.7 Å². The molecule has 0 unspecified atom stereocenters. The van der Waals surface area contributed by atoms with Crippen LogP contribution in [0.15, 0.2) is 91.0 Å². The third-order valence-electron chi connectivity index (χ3n) is 14.3. The van der Waals surface area contributed by atoms with E-state index < -0.39 is 0 Å². The van der Waals surface area contributed by atoms with Gasteiger partial charge >= 0.3 is 6.85 Å². The molecule has 5 heteroatoms. The van der Waals surface area contributed by atoms with E-state index in [4.69, 9.17) is 9.47 Å². The lowest BCUT2D eigenvalue weighted by Crippen LogP contribution is -2.61. The summed E-state index contributed by atoms with van der Waals surface area (Å²) in [6.45, 7) is 28.3. The summed E-state index contributed by atoms with van der Waals surface area (Å²) >= 11 is 0. The van der Waals surface area contributed by atoms with Crippen molar-refractivity contribution in [1.82, 2.24) is 4.57 Å². The molecule has 0 bridgehead atoms. The van der Waals surface area contributed by atoms with Gasteiger partial charge in [0.25, 0.3) is 0 Å². The fourth-order valence-corrected chi connectivity index (χ4v) is 10.8. The van der Waals surface area contributed by atoms with Crippen molar-refractivity contribution in [3.63, 3.8) is 0 Å². The lowest BCUT2D eigenvalue weighted by Gasteiger charge is -2.46. The second-order valence-electron chi connectivity index (χ2n) is 21.5. The summed E-state index contributed by atoms with van der Waals surface area (Å²) < 4.78 is 16.0. The van der Waals surface area contributed by atoms with Crippen molar-refractivity contribution in [2.45, 2.75) is 118 Å². The van der Waals surface area contributed by atoms with Crippen LogP contribution in [0.3, 0.4) is 0 Å². The normalized spacial score (nSPS) is 16.8. The van der Waals surface area contributed by atoms with Crippen molar-refractivity contribution in [3.8, 4) is 39.8 Å². The second kappa shape index (κ2) is 11.7. The first kappa shape index (κ1) is 36.6. The van der Waals surface area contributed by atoms with Crippen molar-refractivity contribution < 1.29 is 9.47 Å². The summed E-state index contributed by atoms with van der Waals surface area (Å²) in [6, 6.07) is 34.7. The van der Waals surface area contributed by atoms with Gasteiger partial charge in [0.1, 0.15) is 0 Å². The van der Waals surface area contributed by atoms with Crippen molar-refractivity contribution in [1.29, 1.82) is 0 Å². The maximum atomic E-state index is 6.73. The van der Waals surface area contributed by atoms with Gasteiger partial charge in [-0.1, -0.05) is 106 Å². The molecule has 7 aromatic rings. The summed E-state index contributed by atoms with van der Waals surface area (Å²) in [5.74, 6) is 2.97. The van der Waals surface area contributed by atoms with Crippen LogP contribution in [0.4, 0.5) is 11.4 Å². The third-order valence-corrected chi connectivity index (χ3v) is 14.3. The van der Waals surface area contributed by atoms with Gasteiger partial charge in [-0.25, -0.2) is 0 Å². The Morgan fingerprint density at radius 1 is 0.576 bits per heavy atom. The van der Waals surface area contributed by atoms with E-state index in [1.165, 1.54) is 89.5 Å². The number of anilines is 2. The molecule has 0 amide bonds. The smallest absolute Gasteiger partial charge is 0.333 e.